The van der Waals surface area contributed by atoms with Gasteiger partial charge in [-0.1, -0.05) is 76.8 Å². The van der Waals surface area contributed by atoms with E-state index >= 15 is 0 Å². The molecule has 1 heterocycles. The molecule has 0 bridgehead atoms. The van der Waals surface area contributed by atoms with E-state index < -0.39 is 35.7 Å². The summed E-state index contributed by atoms with van der Waals surface area (Å²) in [6.45, 7) is 6.45. The minimum Gasteiger partial charge on any atom is -0.363 e. The van der Waals surface area contributed by atoms with Gasteiger partial charge in [-0.15, -0.1) is 0 Å². The molecule has 5 atom stereocenters. The lowest BCUT2D eigenvalue weighted by atomic mass is 9.83. The van der Waals surface area contributed by atoms with Gasteiger partial charge in [0.05, 0.1) is 12.5 Å². The zero-order chi connectivity index (χ0) is 28.3. The molecule has 0 spiro atoms. The molecule has 1 aromatic carbocycles. The number of nitrogens with two attached hydrogens (primary N) is 1. The molecule has 3 aliphatic rings. The summed E-state index contributed by atoms with van der Waals surface area (Å²) in [4.78, 5) is 66.5. The number of fused-ring (bicyclic) bond motifs is 1. The first-order chi connectivity index (χ1) is 18.6. The van der Waals surface area contributed by atoms with Crippen molar-refractivity contribution in [3.8, 4) is 0 Å². The molecule has 212 valence electrons. The number of carbonyl (C=O) groups is 5. The van der Waals surface area contributed by atoms with Crippen molar-refractivity contribution < 1.29 is 24.0 Å². The highest BCUT2D eigenvalue weighted by molar-refractivity contribution is 6.37. The van der Waals surface area contributed by atoms with E-state index in [-0.39, 0.29) is 47.8 Å². The minimum absolute atomic E-state index is 0.00361. The topological polar surface area (TPSA) is 139 Å². The van der Waals surface area contributed by atoms with Gasteiger partial charge in [0.1, 0.15) is 12.1 Å². The van der Waals surface area contributed by atoms with Crippen molar-refractivity contribution >= 4 is 29.4 Å². The average molecular weight is 539 g/mol. The highest BCUT2D eigenvalue weighted by atomic mass is 16.2. The third-order valence-corrected chi connectivity index (χ3v) is 9.12. The number of hydrogen-bond donors (Lipinski definition) is 3. The molecule has 4 amide bonds. The predicted molar refractivity (Wildman–Crippen MR) is 146 cm³/mol. The zero-order valence-electron chi connectivity index (χ0n) is 23.3. The maximum Gasteiger partial charge on any atom is 0.287 e. The number of amides is 4. The summed E-state index contributed by atoms with van der Waals surface area (Å²) in [5.74, 6) is -2.71. The second-order valence-electron chi connectivity index (χ2n) is 12.1. The molecule has 39 heavy (non-hydrogen) atoms. The van der Waals surface area contributed by atoms with Crippen molar-refractivity contribution in [1.82, 2.24) is 15.5 Å². The number of Topliss-reactive ketones (excluding diaryl/α,β-unsaturated/α-hetero) is 1. The Hall–Kier alpha value is -3.23. The predicted octanol–water partition coefficient (Wildman–Crippen LogP) is 2.12. The van der Waals surface area contributed by atoms with E-state index in [1.165, 1.54) is 0 Å². The summed E-state index contributed by atoms with van der Waals surface area (Å²) in [6, 6.07) is 6.92. The molecule has 9 heteroatoms. The van der Waals surface area contributed by atoms with E-state index in [1.807, 2.05) is 37.3 Å². The fraction of sp³-hybridized carbons (Fsp3) is 0.633. The number of hydrogen-bond acceptors (Lipinski definition) is 5. The van der Waals surface area contributed by atoms with Gasteiger partial charge < -0.3 is 21.3 Å². The average Bonchev–Trinajstić information content (AvgIpc) is 3.24. The summed E-state index contributed by atoms with van der Waals surface area (Å²) < 4.78 is 0. The zero-order valence-corrected chi connectivity index (χ0v) is 23.3. The normalized spacial score (nSPS) is 25.2. The number of piperidine rings is 1. The first kappa shape index (κ1) is 28.8. The molecule has 2 saturated carbocycles. The first-order valence-electron chi connectivity index (χ1n) is 14.3. The Morgan fingerprint density at radius 2 is 1.69 bits per heavy atom. The van der Waals surface area contributed by atoms with Crippen molar-refractivity contribution in [2.75, 3.05) is 6.54 Å². The molecule has 4 N–H and O–H groups in total. The fourth-order valence-corrected chi connectivity index (χ4v) is 6.83. The molecule has 0 radical (unpaired) electrons. The van der Waals surface area contributed by atoms with Crippen LogP contribution in [-0.4, -0.2) is 59.0 Å². The van der Waals surface area contributed by atoms with Gasteiger partial charge in [0, 0.05) is 6.54 Å². The number of carbonyl (C=O) groups excluding carboxylic acids is 5. The van der Waals surface area contributed by atoms with Crippen LogP contribution in [0.5, 0.6) is 0 Å². The minimum atomic E-state index is -1.09. The lowest BCUT2D eigenvalue weighted by Gasteiger charge is -2.37. The second-order valence-corrected chi connectivity index (χ2v) is 12.1. The Kier molecular flexibility index (Phi) is 8.76. The van der Waals surface area contributed by atoms with Gasteiger partial charge in [-0.05, 0) is 48.0 Å². The van der Waals surface area contributed by atoms with Crippen LogP contribution >= 0.6 is 0 Å². The molecule has 1 saturated heterocycles. The highest BCUT2D eigenvalue weighted by Crippen LogP contribution is 2.65. The van der Waals surface area contributed by atoms with Gasteiger partial charge in [-0.25, -0.2) is 0 Å². The maximum atomic E-state index is 14.2. The lowest BCUT2D eigenvalue weighted by Crippen LogP contribution is -2.59. The SMILES string of the molecule is CCCC(NC(=O)C1C2C(CN1C(=O)C(NC(=O)Cc1ccccc1)C1CCCCC1)C2(C)C)C(=O)C(N)=O. The number of nitrogens with zero attached hydrogens (tertiary/aromatic N) is 1. The van der Waals surface area contributed by atoms with Crippen LogP contribution in [0.1, 0.15) is 71.3 Å². The summed E-state index contributed by atoms with van der Waals surface area (Å²) in [5, 5.41) is 5.78. The van der Waals surface area contributed by atoms with Crippen molar-refractivity contribution in [3.63, 3.8) is 0 Å². The van der Waals surface area contributed by atoms with Gasteiger partial charge in [0.2, 0.25) is 23.5 Å². The molecule has 2 aliphatic carbocycles. The van der Waals surface area contributed by atoms with Gasteiger partial charge in [0.15, 0.2) is 0 Å². The summed E-state index contributed by atoms with van der Waals surface area (Å²) in [7, 11) is 0. The van der Waals surface area contributed by atoms with E-state index in [9.17, 15) is 24.0 Å². The Morgan fingerprint density at radius 1 is 1.03 bits per heavy atom. The number of nitrogens with one attached hydrogen (secondary N) is 2. The summed E-state index contributed by atoms with van der Waals surface area (Å²) >= 11 is 0. The van der Waals surface area contributed by atoms with Crippen molar-refractivity contribution in [2.24, 2.45) is 28.9 Å². The largest absolute Gasteiger partial charge is 0.363 e. The maximum absolute atomic E-state index is 14.2. The smallest absolute Gasteiger partial charge is 0.287 e. The van der Waals surface area contributed by atoms with Gasteiger partial charge >= 0.3 is 0 Å². The van der Waals surface area contributed by atoms with Crippen LogP contribution in [0.2, 0.25) is 0 Å². The third-order valence-electron chi connectivity index (χ3n) is 9.12. The van der Waals surface area contributed by atoms with Crippen molar-refractivity contribution in [2.45, 2.75) is 90.3 Å². The molecule has 3 fully saturated rings. The van der Waals surface area contributed by atoms with Crippen molar-refractivity contribution in [1.29, 1.82) is 0 Å². The number of rotatable bonds is 11. The quantitative estimate of drug-likeness (QED) is 0.371. The summed E-state index contributed by atoms with van der Waals surface area (Å²) in [6.07, 6.45) is 5.83. The van der Waals surface area contributed by atoms with Crippen molar-refractivity contribution in [3.05, 3.63) is 35.9 Å². The number of ketones is 1. The molecule has 4 rings (SSSR count). The lowest BCUT2D eigenvalue weighted by molar-refractivity contribution is -0.145. The third kappa shape index (κ3) is 6.17. The van der Waals surface area contributed by atoms with E-state index in [1.54, 1.807) is 4.90 Å². The highest BCUT2D eigenvalue weighted by Gasteiger charge is 2.69. The van der Waals surface area contributed by atoms with E-state index in [4.69, 9.17) is 5.73 Å². The Bertz CT molecular complexity index is 1100. The van der Waals surface area contributed by atoms with Crippen LogP contribution in [0.4, 0.5) is 0 Å². The molecule has 9 nitrogen and oxygen atoms in total. The molecule has 1 aromatic rings. The fourth-order valence-electron chi connectivity index (χ4n) is 6.83. The molecule has 5 unspecified atom stereocenters. The molecular weight excluding hydrogens is 496 g/mol. The van der Waals surface area contributed by atoms with Crippen LogP contribution in [0.15, 0.2) is 30.3 Å². The van der Waals surface area contributed by atoms with Crippen LogP contribution in [0, 0.1) is 23.2 Å². The first-order valence-corrected chi connectivity index (χ1v) is 14.3. The molecular formula is C30H42N4O5. The number of likely N-dealkylation sites (tertiary alicyclic amines) is 1. The standard InChI is InChI=1S/C30H42N4O5/c1-4-11-21(26(36)27(31)37)32-28(38)25-23-20(30(23,2)3)17-34(25)29(39)24(19-14-9-6-10-15-19)33-22(35)16-18-12-7-5-8-13-18/h5,7-8,12-13,19-21,23-25H,4,6,9-11,14-17H2,1-3H3,(H2,31,37)(H,32,38)(H,33,35). The van der Waals surface area contributed by atoms with Gasteiger partial charge in [-0.2, -0.15) is 0 Å². The van der Waals surface area contributed by atoms with E-state index in [2.05, 4.69) is 24.5 Å². The number of benzene rings is 1. The molecule has 0 aromatic heterocycles. The number of primary amides is 1. The van der Waals surface area contributed by atoms with Crippen LogP contribution in [-0.2, 0) is 30.4 Å². The Morgan fingerprint density at radius 3 is 2.31 bits per heavy atom. The van der Waals surface area contributed by atoms with E-state index in [0.29, 0.717) is 13.0 Å². The van der Waals surface area contributed by atoms with Gasteiger partial charge in [0.25, 0.3) is 5.91 Å². The second kappa shape index (κ2) is 11.9. The monoisotopic (exact) mass is 538 g/mol. The van der Waals surface area contributed by atoms with Crippen LogP contribution in [0.3, 0.4) is 0 Å². The summed E-state index contributed by atoms with van der Waals surface area (Å²) in [5.41, 5.74) is 5.98. The van der Waals surface area contributed by atoms with Gasteiger partial charge in [-0.3, -0.25) is 24.0 Å². The Balaban J connectivity index is 1.55. The Labute approximate surface area is 230 Å². The van der Waals surface area contributed by atoms with Crippen LogP contribution in [0.25, 0.3) is 0 Å². The van der Waals surface area contributed by atoms with E-state index in [0.717, 1.165) is 37.7 Å². The molecule has 1 aliphatic heterocycles. The van der Waals surface area contributed by atoms with Crippen LogP contribution < -0.4 is 16.4 Å².